The van der Waals surface area contributed by atoms with Gasteiger partial charge in [-0.2, -0.15) is 5.26 Å². The molecule has 0 saturated carbocycles. The maximum atomic E-state index is 7.32. The van der Waals surface area contributed by atoms with Gasteiger partial charge in [0.15, 0.2) is 0 Å². The average molecular weight is 163 g/mol. The fourth-order valence-electron chi connectivity index (χ4n) is 0.714. The molecule has 0 saturated heterocycles. The van der Waals surface area contributed by atoms with E-state index in [-0.39, 0.29) is 0 Å². The summed E-state index contributed by atoms with van der Waals surface area (Å²) in [6, 6.07) is 11.8. The van der Waals surface area contributed by atoms with Gasteiger partial charge in [0.05, 0.1) is 6.07 Å². The van der Waals surface area contributed by atoms with Gasteiger partial charge in [-0.1, -0.05) is 30.3 Å². The maximum absolute atomic E-state index is 7.32. The number of nitriles is 1. The number of rotatable bonds is 2. The van der Waals surface area contributed by atoms with Crippen LogP contribution in [-0.4, -0.2) is 0 Å². The van der Waals surface area contributed by atoms with E-state index in [9.17, 15) is 0 Å². The van der Waals surface area contributed by atoms with Crippen LogP contribution in [0.3, 0.4) is 0 Å². The molecule has 0 atom stereocenters. The second kappa shape index (κ2) is 7.73. The lowest BCUT2D eigenvalue weighted by Gasteiger charge is -1.95. The Kier molecular flexibility index (Phi) is 6.85. The summed E-state index contributed by atoms with van der Waals surface area (Å²) in [6.07, 6.45) is 0. The molecule has 64 valence electrons. The van der Waals surface area contributed by atoms with Gasteiger partial charge in [0.25, 0.3) is 0 Å². The molecule has 3 nitrogen and oxygen atoms in total. The fourth-order valence-corrected chi connectivity index (χ4v) is 0.714. The van der Waals surface area contributed by atoms with Crippen LogP contribution in [-0.2, 0) is 6.54 Å². The number of hydrogen-bond acceptors (Lipinski definition) is 3. The second-order valence-corrected chi connectivity index (χ2v) is 2.09. The van der Waals surface area contributed by atoms with Crippen molar-refractivity contribution in [2.24, 2.45) is 5.84 Å². The third-order valence-electron chi connectivity index (χ3n) is 1.15. The highest BCUT2D eigenvalue weighted by Gasteiger charge is 1.83. The molecule has 1 aromatic carbocycles. The van der Waals surface area contributed by atoms with E-state index in [0.29, 0.717) is 0 Å². The second-order valence-electron chi connectivity index (χ2n) is 2.09. The topological polar surface area (TPSA) is 61.8 Å². The zero-order valence-corrected chi connectivity index (χ0v) is 7.12. The predicted octanol–water partition coefficient (Wildman–Crippen LogP) is 1.18. The van der Waals surface area contributed by atoms with Crippen molar-refractivity contribution in [3.63, 3.8) is 0 Å². The molecule has 12 heavy (non-hydrogen) atoms. The van der Waals surface area contributed by atoms with Crippen molar-refractivity contribution in [1.82, 2.24) is 5.43 Å². The molecule has 0 heterocycles. The minimum atomic E-state index is 0.737. The molecule has 0 bridgehead atoms. The molecule has 0 amide bonds. The highest BCUT2D eigenvalue weighted by Crippen LogP contribution is 1.95. The average Bonchev–Trinajstić information content (AvgIpc) is 2.08. The van der Waals surface area contributed by atoms with Crippen LogP contribution in [0.5, 0.6) is 0 Å². The van der Waals surface area contributed by atoms with Gasteiger partial charge in [-0.25, -0.2) is 0 Å². The molecule has 0 aromatic heterocycles. The first-order valence-electron chi connectivity index (χ1n) is 3.63. The molecule has 3 N–H and O–H groups in total. The normalized spacial score (nSPS) is 7.75. The molecule has 0 fully saturated rings. The van der Waals surface area contributed by atoms with E-state index in [1.807, 2.05) is 30.3 Å². The van der Waals surface area contributed by atoms with E-state index >= 15 is 0 Å². The van der Waals surface area contributed by atoms with E-state index in [1.54, 1.807) is 6.07 Å². The van der Waals surface area contributed by atoms with E-state index in [2.05, 4.69) is 5.43 Å². The first-order valence-corrected chi connectivity index (χ1v) is 3.63. The number of nitrogens with one attached hydrogen (secondary N) is 1. The van der Waals surface area contributed by atoms with Crippen LogP contribution in [0.2, 0.25) is 0 Å². The summed E-state index contributed by atoms with van der Waals surface area (Å²) in [4.78, 5) is 0. The smallest absolute Gasteiger partial charge is 0.0587 e. The number of hydrazine groups is 1. The Hall–Kier alpha value is -1.37. The SMILES string of the molecule is CC#N.NNCc1ccccc1. The number of hydrogen-bond donors (Lipinski definition) is 2. The van der Waals surface area contributed by atoms with Crippen LogP contribution in [0.25, 0.3) is 0 Å². The molecule has 0 aliphatic rings. The highest BCUT2D eigenvalue weighted by molar-refractivity contribution is 5.13. The Labute approximate surface area is 72.8 Å². The van der Waals surface area contributed by atoms with Gasteiger partial charge < -0.3 is 0 Å². The summed E-state index contributed by atoms with van der Waals surface area (Å²) < 4.78 is 0. The molecule has 0 radical (unpaired) electrons. The van der Waals surface area contributed by atoms with Crippen molar-refractivity contribution in [3.05, 3.63) is 35.9 Å². The molecule has 0 spiro atoms. The van der Waals surface area contributed by atoms with Crippen molar-refractivity contribution in [1.29, 1.82) is 5.26 Å². The van der Waals surface area contributed by atoms with Crippen molar-refractivity contribution in [2.45, 2.75) is 13.5 Å². The summed E-state index contributed by atoms with van der Waals surface area (Å²) in [6.45, 7) is 2.17. The van der Waals surface area contributed by atoms with E-state index < -0.39 is 0 Å². The Morgan fingerprint density at radius 1 is 1.42 bits per heavy atom. The van der Waals surface area contributed by atoms with Gasteiger partial charge in [0.1, 0.15) is 0 Å². The number of nitrogens with two attached hydrogens (primary N) is 1. The van der Waals surface area contributed by atoms with Gasteiger partial charge >= 0.3 is 0 Å². The van der Waals surface area contributed by atoms with Crippen molar-refractivity contribution >= 4 is 0 Å². The first kappa shape index (κ1) is 10.6. The van der Waals surface area contributed by atoms with Crippen molar-refractivity contribution in [2.75, 3.05) is 0 Å². The lowest BCUT2D eigenvalue weighted by molar-refractivity contribution is 0.741. The van der Waals surface area contributed by atoms with Crippen LogP contribution in [0.4, 0.5) is 0 Å². The zero-order valence-electron chi connectivity index (χ0n) is 7.12. The molecule has 1 rings (SSSR count). The Bertz CT molecular complexity index is 225. The Morgan fingerprint density at radius 3 is 2.33 bits per heavy atom. The van der Waals surface area contributed by atoms with E-state index in [4.69, 9.17) is 11.1 Å². The number of benzene rings is 1. The predicted molar refractivity (Wildman–Crippen MR) is 48.8 cm³/mol. The maximum Gasteiger partial charge on any atom is 0.0587 e. The van der Waals surface area contributed by atoms with Crippen molar-refractivity contribution in [3.8, 4) is 6.07 Å². The van der Waals surface area contributed by atoms with Gasteiger partial charge in [-0.15, -0.1) is 0 Å². The molecular weight excluding hydrogens is 150 g/mol. The Morgan fingerprint density at radius 2 is 1.92 bits per heavy atom. The van der Waals surface area contributed by atoms with Crippen molar-refractivity contribution < 1.29 is 0 Å². The lowest BCUT2D eigenvalue weighted by atomic mass is 10.2. The molecular formula is C9H13N3. The van der Waals surface area contributed by atoms with Gasteiger partial charge in [-0.3, -0.25) is 11.3 Å². The largest absolute Gasteiger partial charge is 0.271 e. The first-order chi connectivity index (χ1) is 5.85. The van der Waals surface area contributed by atoms with Gasteiger partial charge in [-0.05, 0) is 5.56 Å². The van der Waals surface area contributed by atoms with Gasteiger partial charge in [0, 0.05) is 13.5 Å². The van der Waals surface area contributed by atoms with Gasteiger partial charge in [0.2, 0.25) is 0 Å². The van der Waals surface area contributed by atoms with Crippen LogP contribution in [0.1, 0.15) is 12.5 Å². The third kappa shape index (κ3) is 5.42. The summed E-state index contributed by atoms with van der Waals surface area (Å²) in [7, 11) is 0. The summed E-state index contributed by atoms with van der Waals surface area (Å²) >= 11 is 0. The molecule has 0 aliphatic carbocycles. The standard InChI is InChI=1S/C7H10N2.C2H3N/c8-9-6-7-4-2-1-3-5-7;1-2-3/h1-5,9H,6,8H2;1H3. The third-order valence-corrected chi connectivity index (χ3v) is 1.15. The molecule has 1 aromatic rings. The molecule has 3 heteroatoms. The fraction of sp³-hybridized carbons (Fsp3) is 0.222. The monoisotopic (exact) mass is 163 g/mol. The van der Waals surface area contributed by atoms with Crippen LogP contribution >= 0.6 is 0 Å². The Balaban J connectivity index is 0.000000354. The zero-order chi connectivity index (χ0) is 9.23. The minimum Gasteiger partial charge on any atom is -0.271 e. The highest BCUT2D eigenvalue weighted by atomic mass is 15.2. The molecule has 0 unspecified atom stereocenters. The number of nitrogens with zero attached hydrogens (tertiary/aromatic N) is 1. The van der Waals surface area contributed by atoms with Crippen LogP contribution in [0, 0.1) is 11.3 Å². The van der Waals surface area contributed by atoms with Crippen LogP contribution < -0.4 is 11.3 Å². The lowest BCUT2D eigenvalue weighted by Crippen LogP contribution is -2.20. The summed E-state index contributed by atoms with van der Waals surface area (Å²) in [5.41, 5.74) is 3.79. The minimum absolute atomic E-state index is 0.737. The van der Waals surface area contributed by atoms with E-state index in [0.717, 1.165) is 6.54 Å². The summed E-state index contributed by atoms with van der Waals surface area (Å²) in [5, 5.41) is 7.32. The van der Waals surface area contributed by atoms with Crippen LogP contribution in [0.15, 0.2) is 30.3 Å². The summed E-state index contributed by atoms with van der Waals surface area (Å²) in [5.74, 6) is 5.11. The molecule has 0 aliphatic heterocycles. The quantitative estimate of drug-likeness (QED) is 0.508. The van der Waals surface area contributed by atoms with E-state index in [1.165, 1.54) is 12.5 Å².